The number of anilines is 1. The predicted molar refractivity (Wildman–Crippen MR) is 171 cm³/mol. The molecule has 43 heavy (non-hydrogen) atoms. The number of carbonyl (C=O) groups is 2. The number of rotatable bonds is 12. The summed E-state index contributed by atoms with van der Waals surface area (Å²) in [6.07, 6.45) is 6.02. The maximum absolute atomic E-state index is 13.9. The van der Waals surface area contributed by atoms with Gasteiger partial charge in [0, 0.05) is 28.2 Å². The van der Waals surface area contributed by atoms with Crippen LogP contribution in [0.15, 0.2) is 72.8 Å². The second kappa shape index (κ2) is 14.9. The Morgan fingerprint density at radius 2 is 1.56 bits per heavy atom. The SMILES string of the molecule is C[C@@H](C(=O)NC1CCCCC1)N(Cc1c(Cl)cccc1Cl)C(=O)CN(c1ccc(OCc2ccccc2)cc1)S(C)(=O)=O. The molecule has 0 aliphatic heterocycles. The molecule has 0 bridgehead atoms. The number of nitrogens with zero attached hydrogens (tertiary/aromatic N) is 2. The molecule has 0 heterocycles. The fraction of sp³-hybridized carbons (Fsp3) is 0.375. The molecule has 0 spiro atoms. The summed E-state index contributed by atoms with van der Waals surface area (Å²) in [5.41, 5.74) is 1.76. The average molecular weight is 647 g/mol. The highest BCUT2D eigenvalue weighted by Crippen LogP contribution is 2.28. The Morgan fingerprint density at radius 3 is 2.16 bits per heavy atom. The van der Waals surface area contributed by atoms with Crippen LogP contribution in [0.25, 0.3) is 0 Å². The second-order valence-electron chi connectivity index (χ2n) is 10.8. The van der Waals surface area contributed by atoms with E-state index in [9.17, 15) is 18.0 Å². The zero-order valence-electron chi connectivity index (χ0n) is 24.3. The molecule has 4 rings (SSSR count). The standard InChI is InChI=1S/C32H37Cl2N3O5S/c1-23(32(39)35-25-12-7-4-8-13-25)36(20-28-29(33)14-9-15-30(28)34)31(38)21-37(43(2,40)41)26-16-18-27(19-17-26)42-22-24-10-5-3-6-11-24/h3,5-6,9-11,14-19,23,25H,4,7-8,12-13,20-22H2,1-2H3,(H,35,39)/t23-/m0/s1. The van der Waals surface area contributed by atoms with E-state index in [2.05, 4.69) is 5.32 Å². The number of benzene rings is 3. The third-order valence-electron chi connectivity index (χ3n) is 7.56. The summed E-state index contributed by atoms with van der Waals surface area (Å²) in [6.45, 7) is 1.39. The number of halogens is 2. The van der Waals surface area contributed by atoms with Crippen LogP contribution in [0.1, 0.15) is 50.2 Å². The molecule has 3 aromatic rings. The summed E-state index contributed by atoms with van der Waals surface area (Å²) in [5.74, 6) is -0.332. The first-order chi connectivity index (χ1) is 20.5. The van der Waals surface area contributed by atoms with Crippen LogP contribution >= 0.6 is 23.2 Å². The third kappa shape index (κ3) is 9.11. The van der Waals surface area contributed by atoms with Crippen molar-refractivity contribution in [2.75, 3.05) is 17.1 Å². The molecule has 8 nitrogen and oxygen atoms in total. The van der Waals surface area contributed by atoms with Crippen molar-refractivity contribution < 1.29 is 22.7 Å². The minimum absolute atomic E-state index is 0.0414. The molecule has 1 atom stereocenters. The Balaban J connectivity index is 1.55. The number of ether oxygens (including phenoxy) is 1. The lowest BCUT2D eigenvalue weighted by atomic mass is 9.95. The molecule has 1 fully saturated rings. The molecule has 1 N–H and O–H groups in total. The predicted octanol–water partition coefficient (Wildman–Crippen LogP) is 6.20. The molecular weight excluding hydrogens is 609 g/mol. The maximum Gasteiger partial charge on any atom is 0.244 e. The van der Waals surface area contributed by atoms with E-state index in [1.165, 1.54) is 4.90 Å². The van der Waals surface area contributed by atoms with Crippen molar-refractivity contribution in [2.24, 2.45) is 0 Å². The van der Waals surface area contributed by atoms with Gasteiger partial charge in [-0.3, -0.25) is 13.9 Å². The summed E-state index contributed by atoms with van der Waals surface area (Å²) in [7, 11) is -3.88. The van der Waals surface area contributed by atoms with Gasteiger partial charge in [0.1, 0.15) is 24.9 Å². The van der Waals surface area contributed by atoms with Gasteiger partial charge in [-0.15, -0.1) is 0 Å². The summed E-state index contributed by atoms with van der Waals surface area (Å²) in [6, 6.07) is 20.3. The van der Waals surface area contributed by atoms with Gasteiger partial charge in [0.2, 0.25) is 21.8 Å². The number of amides is 2. The van der Waals surface area contributed by atoms with Crippen molar-refractivity contribution >= 4 is 50.7 Å². The van der Waals surface area contributed by atoms with E-state index in [1.54, 1.807) is 49.4 Å². The van der Waals surface area contributed by atoms with Gasteiger partial charge >= 0.3 is 0 Å². The zero-order chi connectivity index (χ0) is 31.0. The van der Waals surface area contributed by atoms with E-state index in [4.69, 9.17) is 27.9 Å². The van der Waals surface area contributed by atoms with Crippen molar-refractivity contribution in [3.63, 3.8) is 0 Å². The molecule has 0 unspecified atom stereocenters. The van der Waals surface area contributed by atoms with E-state index in [1.807, 2.05) is 30.3 Å². The van der Waals surface area contributed by atoms with Crippen LogP contribution in [-0.2, 0) is 32.8 Å². The number of carbonyl (C=O) groups excluding carboxylic acids is 2. The summed E-state index contributed by atoms with van der Waals surface area (Å²) < 4.78 is 32.7. The Labute approximate surface area is 264 Å². The Bertz CT molecular complexity index is 1480. The molecule has 1 aliphatic carbocycles. The number of sulfonamides is 1. The fourth-order valence-electron chi connectivity index (χ4n) is 5.07. The zero-order valence-corrected chi connectivity index (χ0v) is 26.7. The molecule has 1 aliphatic rings. The van der Waals surface area contributed by atoms with Gasteiger partial charge in [-0.1, -0.05) is 78.9 Å². The number of hydrogen-bond donors (Lipinski definition) is 1. The lowest BCUT2D eigenvalue weighted by Crippen LogP contribution is -2.53. The molecule has 0 saturated heterocycles. The summed E-state index contributed by atoms with van der Waals surface area (Å²) in [4.78, 5) is 28.6. The highest BCUT2D eigenvalue weighted by molar-refractivity contribution is 7.92. The van der Waals surface area contributed by atoms with Crippen molar-refractivity contribution in [3.8, 4) is 5.75 Å². The van der Waals surface area contributed by atoms with Crippen LogP contribution < -0.4 is 14.4 Å². The van der Waals surface area contributed by atoms with E-state index < -0.39 is 28.5 Å². The van der Waals surface area contributed by atoms with Crippen LogP contribution in [0.2, 0.25) is 10.0 Å². The smallest absolute Gasteiger partial charge is 0.244 e. The van der Waals surface area contributed by atoms with E-state index >= 15 is 0 Å². The van der Waals surface area contributed by atoms with Crippen molar-refractivity contribution in [1.29, 1.82) is 0 Å². The van der Waals surface area contributed by atoms with Crippen molar-refractivity contribution in [1.82, 2.24) is 10.2 Å². The fourth-order valence-corrected chi connectivity index (χ4v) is 6.43. The first-order valence-electron chi connectivity index (χ1n) is 14.3. The van der Waals surface area contributed by atoms with Crippen LogP contribution in [0.3, 0.4) is 0 Å². The van der Waals surface area contributed by atoms with Gasteiger partial charge in [0.25, 0.3) is 0 Å². The Hall–Kier alpha value is -3.27. The monoisotopic (exact) mass is 645 g/mol. The van der Waals surface area contributed by atoms with Crippen LogP contribution in [0, 0.1) is 0 Å². The molecule has 230 valence electrons. The molecule has 0 aromatic heterocycles. The van der Waals surface area contributed by atoms with E-state index in [0.717, 1.165) is 48.2 Å². The molecule has 1 saturated carbocycles. The normalized spacial score (nSPS) is 14.5. The van der Waals surface area contributed by atoms with Gasteiger partial charge in [0.15, 0.2) is 0 Å². The minimum atomic E-state index is -3.88. The van der Waals surface area contributed by atoms with Gasteiger partial charge in [-0.05, 0) is 61.7 Å². The number of nitrogens with one attached hydrogen (secondary N) is 1. The molecule has 2 amide bonds. The van der Waals surface area contributed by atoms with Gasteiger partial charge < -0.3 is 15.0 Å². The highest BCUT2D eigenvalue weighted by atomic mass is 35.5. The number of hydrogen-bond acceptors (Lipinski definition) is 5. The van der Waals surface area contributed by atoms with Crippen LogP contribution in [-0.4, -0.2) is 50.0 Å². The summed E-state index contributed by atoms with van der Waals surface area (Å²) in [5, 5.41) is 3.76. The Morgan fingerprint density at radius 1 is 0.930 bits per heavy atom. The lowest BCUT2D eigenvalue weighted by Gasteiger charge is -2.33. The third-order valence-corrected chi connectivity index (χ3v) is 9.41. The topological polar surface area (TPSA) is 96.0 Å². The van der Waals surface area contributed by atoms with Crippen molar-refractivity contribution in [3.05, 3.63) is 94.0 Å². The first-order valence-corrected chi connectivity index (χ1v) is 16.9. The average Bonchev–Trinajstić information content (AvgIpc) is 2.99. The molecule has 0 radical (unpaired) electrons. The van der Waals surface area contributed by atoms with Crippen LogP contribution in [0.4, 0.5) is 5.69 Å². The highest BCUT2D eigenvalue weighted by Gasteiger charge is 2.32. The van der Waals surface area contributed by atoms with E-state index in [-0.39, 0.29) is 24.2 Å². The largest absolute Gasteiger partial charge is 0.489 e. The van der Waals surface area contributed by atoms with Gasteiger partial charge in [-0.2, -0.15) is 0 Å². The molecule has 11 heteroatoms. The van der Waals surface area contributed by atoms with Crippen LogP contribution in [0.5, 0.6) is 5.75 Å². The van der Waals surface area contributed by atoms with Gasteiger partial charge in [0.05, 0.1) is 11.9 Å². The quantitative estimate of drug-likeness (QED) is 0.253. The second-order valence-corrected chi connectivity index (χ2v) is 13.5. The first kappa shape index (κ1) is 32.6. The summed E-state index contributed by atoms with van der Waals surface area (Å²) >= 11 is 12.9. The molecular formula is C32H37Cl2N3O5S. The van der Waals surface area contributed by atoms with Crippen molar-refractivity contribution in [2.45, 2.75) is 64.3 Å². The van der Waals surface area contributed by atoms with Gasteiger partial charge in [-0.25, -0.2) is 8.42 Å². The lowest BCUT2D eigenvalue weighted by molar-refractivity contribution is -0.139. The minimum Gasteiger partial charge on any atom is -0.489 e. The maximum atomic E-state index is 13.9. The Kier molecular flexibility index (Phi) is 11.3. The molecule has 3 aromatic carbocycles. The van der Waals surface area contributed by atoms with E-state index in [0.29, 0.717) is 28.0 Å².